The quantitative estimate of drug-likeness (QED) is 0.363. The number of esters is 1. The van der Waals surface area contributed by atoms with Gasteiger partial charge in [-0.3, -0.25) is 9.78 Å². The Bertz CT molecular complexity index is 1360. The number of ketones is 1. The fraction of sp³-hybridized carbons (Fsp3) is 0.0455. The van der Waals surface area contributed by atoms with E-state index in [1.54, 1.807) is 42.5 Å². The van der Waals surface area contributed by atoms with Gasteiger partial charge in [0.15, 0.2) is 0 Å². The van der Waals surface area contributed by atoms with Crippen LogP contribution in [0.1, 0.15) is 26.4 Å². The lowest BCUT2D eigenvalue weighted by molar-refractivity contribution is 0.0599. The average molecular weight is 420 g/mol. The van der Waals surface area contributed by atoms with Crippen molar-refractivity contribution in [2.75, 3.05) is 7.11 Å². The van der Waals surface area contributed by atoms with Gasteiger partial charge in [-0.1, -0.05) is 36.4 Å². The number of nitrogens with zero attached hydrogens (tertiary/aromatic N) is 2. The van der Waals surface area contributed by atoms with E-state index < -0.39 is 21.8 Å². The highest BCUT2D eigenvalue weighted by Crippen LogP contribution is 2.32. The van der Waals surface area contributed by atoms with Gasteiger partial charge in [-0.15, -0.1) is 0 Å². The second kappa shape index (κ2) is 7.57. The van der Waals surface area contributed by atoms with Crippen molar-refractivity contribution in [3.63, 3.8) is 0 Å². The number of pyridine rings is 1. The summed E-state index contributed by atoms with van der Waals surface area (Å²) in [6, 6.07) is 17.1. The summed E-state index contributed by atoms with van der Waals surface area (Å²) < 4.78 is 33.0. The maximum Gasteiger partial charge on any atom is 0.340 e. The Hall–Kier alpha value is -3.78. The predicted molar refractivity (Wildman–Crippen MR) is 110 cm³/mol. The molecule has 0 saturated carbocycles. The Labute approximate surface area is 172 Å². The van der Waals surface area contributed by atoms with Crippen LogP contribution < -0.4 is 0 Å². The molecule has 0 fully saturated rings. The van der Waals surface area contributed by atoms with Crippen molar-refractivity contribution in [2.45, 2.75) is 4.90 Å². The fourth-order valence-electron chi connectivity index (χ4n) is 3.31. The highest BCUT2D eigenvalue weighted by atomic mass is 32.2. The third kappa shape index (κ3) is 3.07. The highest BCUT2D eigenvalue weighted by molar-refractivity contribution is 7.90. The summed E-state index contributed by atoms with van der Waals surface area (Å²) in [4.78, 5) is 30.0. The number of hydrogen-bond donors (Lipinski definition) is 0. The van der Waals surface area contributed by atoms with Crippen molar-refractivity contribution < 1.29 is 22.7 Å². The number of ether oxygens (including phenoxy) is 1. The van der Waals surface area contributed by atoms with Crippen LogP contribution in [0.15, 0.2) is 84.0 Å². The third-order valence-corrected chi connectivity index (χ3v) is 6.39. The topological polar surface area (TPSA) is 95.3 Å². The summed E-state index contributed by atoms with van der Waals surface area (Å²) >= 11 is 0. The number of methoxy groups -OCH3 is 1. The molecule has 2 heterocycles. The lowest BCUT2D eigenvalue weighted by Crippen LogP contribution is -2.21. The number of para-hydroxylation sites is 1. The van der Waals surface area contributed by atoms with Crippen LogP contribution in [0.3, 0.4) is 0 Å². The summed E-state index contributed by atoms with van der Waals surface area (Å²) in [6.45, 7) is 0. The van der Waals surface area contributed by atoms with Gasteiger partial charge in [0, 0.05) is 23.3 Å². The maximum absolute atomic E-state index is 13.6. The average Bonchev–Trinajstić information content (AvgIpc) is 3.15. The zero-order valence-corrected chi connectivity index (χ0v) is 16.7. The minimum Gasteiger partial charge on any atom is -0.465 e. The standard InChI is InChI=1S/C22H16N2O5S/c1-29-22(26)19-17-9-5-6-10-18(17)24(30(27,28)16-7-3-2-4-8-16)20(19)21(25)15-11-13-23-14-12-15/h2-14H,1H3. The molecule has 0 aliphatic carbocycles. The SMILES string of the molecule is COC(=O)c1c(C(=O)c2ccncc2)n(S(=O)(=O)c2ccccc2)c2ccccc12. The first-order chi connectivity index (χ1) is 14.5. The number of hydrogen-bond acceptors (Lipinski definition) is 6. The molecule has 0 aliphatic heterocycles. The van der Waals surface area contributed by atoms with E-state index in [9.17, 15) is 18.0 Å². The minimum absolute atomic E-state index is 0.00838. The molecule has 2 aromatic heterocycles. The molecule has 0 N–H and O–H groups in total. The highest BCUT2D eigenvalue weighted by Gasteiger charge is 2.34. The first-order valence-electron chi connectivity index (χ1n) is 8.94. The van der Waals surface area contributed by atoms with E-state index in [4.69, 9.17) is 4.74 Å². The summed E-state index contributed by atoms with van der Waals surface area (Å²) in [5.41, 5.74) is 0.0224. The number of fused-ring (bicyclic) bond motifs is 1. The summed E-state index contributed by atoms with van der Waals surface area (Å²) in [6.07, 6.45) is 2.84. The zero-order valence-electron chi connectivity index (χ0n) is 15.8. The number of rotatable bonds is 5. The molecular weight excluding hydrogens is 404 g/mol. The van der Waals surface area contributed by atoms with Gasteiger partial charge in [0.1, 0.15) is 5.69 Å². The fourth-order valence-corrected chi connectivity index (χ4v) is 4.86. The van der Waals surface area contributed by atoms with E-state index in [2.05, 4.69) is 4.98 Å². The molecule has 0 saturated heterocycles. The molecule has 2 aromatic carbocycles. The van der Waals surface area contributed by atoms with Crippen molar-refractivity contribution in [1.29, 1.82) is 0 Å². The number of carbonyl (C=O) groups is 2. The third-order valence-electron chi connectivity index (χ3n) is 4.66. The van der Waals surface area contributed by atoms with Crippen LogP contribution in [0.2, 0.25) is 0 Å². The van der Waals surface area contributed by atoms with Gasteiger partial charge in [-0.05, 0) is 30.3 Å². The van der Waals surface area contributed by atoms with Crippen molar-refractivity contribution in [1.82, 2.24) is 8.96 Å². The first-order valence-corrected chi connectivity index (χ1v) is 10.4. The Kier molecular flexibility index (Phi) is 4.93. The van der Waals surface area contributed by atoms with Crippen LogP contribution in [-0.2, 0) is 14.8 Å². The molecule has 4 aromatic rings. The second-order valence-corrected chi connectivity index (χ2v) is 8.17. The first kappa shape index (κ1) is 19.5. The van der Waals surface area contributed by atoms with Crippen molar-refractivity contribution in [2.24, 2.45) is 0 Å². The Balaban J connectivity index is 2.15. The lowest BCUT2D eigenvalue weighted by atomic mass is 10.0. The molecule has 0 aliphatic rings. The van der Waals surface area contributed by atoms with Gasteiger partial charge < -0.3 is 4.74 Å². The molecule has 30 heavy (non-hydrogen) atoms. The molecule has 4 rings (SSSR count). The van der Waals surface area contributed by atoms with Gasteiger partial charge in [0.25, 0.3) is 10.0 Å². The molecule has 0 radical (unpaired) electrons. The van der Waals surface area contributed by atoms with Gasteiger partial charge in [-0.2, -0.15) is 0 Å². The summed E-state index contributed by atoms with van der Waals surface area (Å²) in [5, 5.41) is 0.307. The second-order valence-electron chi connectivity index (χ2n) is 6.38. The normalized spacial score (nSPS) is 11.4. The van der Waals surface area contributed by atoms with E-state index in [1.807, 2.05) is 0 Å². The van der Waals surface area contributed by atoms with Crippen LogP contribution >= 0.6 is 0 Å². The van der Waals surface area contributed by atoms with E-state index in [0.29, 0.717) is 5.39 Å². The van der Waals surface area contributed by atoms with E-state index in [-0.39, 0.29) is 27.2 Å². The van der Waals surface area contributed by atoms with Crippen LogP contribution in [-0.4, -0.2) is 36.2 Å². The van der Waals surface area contributed by atoms with Crippen LogP contribution in [0, 0.1) is 0 Å². The molecule has 8 heteroatoms. The lowest BCUT2D eigenvalue weighted by Gasteiger charge is -2.12. The van der Waals surface area contributed by atoms with Crippen molar-refractivity contribution >= 4 is 32.7 Å². The summed E-state index contributed by atoms with van der Waals surface area (Å²) in [5.74, 6) is -1.43. The Morgan fingerprint density at radius 1 is 0.900 bits per heavy atom. The van der Waals surface area contributed by atoms with Gasteiger partial charge in [0.05, 0.1) is 23.1 Å². The Morgan fingerprint density at radius 3 is 2.20 bits per heavy atom. The smallest absolute Gasteiger partial charge is 0.340 e. The molecule has 0 amide bonds. The van der Waals surface area contributed by atoms with Crippen molar-refractivity contribution in [3.05, 3.63) is 95.9 Å². The zero-order chi connectivity index (χ0) is 21.3. The molecule has 0 atom stereocenters. The van der Waals surface area contributed by atoms with E-state index in [1.165, 1.54) is 43.8 Å². The summed E-state index contributed by atoms with van der Waals surface area (Å²) in [7, 11) is -3.02. The number of carbonyl (C=O) groups excluding carboxylic acids is 2. The number of aromatic nitrogens is 2. The Morgan fingerprint density at radius 2 is 1.53 bits per heavy atom. The molecular formula is C22H16N2O5S. The van der Waals surface area contributed by atoms with Crippen molar-refractivity contribution in [3.8, 4) is 0 Å². The van der Waals surface area contributed by atoms with E-state index >= 15 is 0 Å². The predicted octanol–water partition coefficient (Wildman–Crippen LogP) is 3.29. The largest absolute Gasteiger partial charge is 0.465 e. The van der Waals surface area contributed by atoms with Gasteiger partial charge >= 0.3 is 5.97 Å². The monoisotopic (exact) mass is 420 g/mol. The van der Waals surface area contributed by atoms with Crippen LogP contribution in [0.4, 0.5) is 0 Å². The molecule has 0 bridgehead atoms. The van der Waals surface area contributed by atoms with Crippen LogP contribution in [0.5, 0.6) is 0 Å². The van der Waals surface area contributed by atoms with Crippen LogP contribution in [0.25, 0.3) is 10.9 Å². The molecule has 150 valence electrons. The minimum atomic E-state index is -4.20. The maximum atomic E-state index is 13.6. The molecule has 7 nitrogen and oxygen atoms in total. The number of benzene rings is 2. The van der Waals surface area contributed by atoms with Gasteiger partial charge in [-0.25, -0.2) is 17.2 Å². The van der Waals surface area contributed by atoms with Gasteiger partial charge in [0.2, 0.25) is 5.78 Å². The van der Waals surface area contributed by atoms with E-state index in [0.717, 1.165) is 3.97 Å². The molecule has 0 spiro atoms. The molecule has 0 unspecified atom stereocenters.